The molecule has 0 aliphatic carbocycles. The molecule has 1 fully saturated rings. The average Bonchev–Trinajstić information content (AvgIpc) is 2.09. The molecule has 0 saturated carbocycles. The molecule has 0 aromatic carbocycles. The predicted octanol–water partition coefficient (Wildman–Crippen LogP) is 0.536. The molecule has 1 saturated heterocycles. The molecule has 1 heterocycles. The average molecular weight is 214 g/mol. The van der Waals surface area contributed by atoms with Gasteiger partial charge in [0.2, 0.25) is 0 Å². The van der Waals surface area contributed by atoms with Gasteiger partial charge in [0.25, 0.3) is 0 Å². The molecule has 4 nitrogen and oxygen atoms in total. The zero-order valence-electron chi connectivity index (χ0n) is 8.95. The van der Waals surface area contributed by atoms with Gasteiger partial charge in [-0.3, -0.25) is 5.43 Å². The summed E-state index contributed by atoms with van der Waals surface area (Å²) in [5.74, 6) is 0.470. The largest absolute Gasteiger partial charge is 0.375 e. The summed E-state index contributed by atoms with van der Waals surface area (Å²) in [6, 6.07) is 0.540. The van der Waals surface area contributed by atoms with Crippen LogP contribution in [0.3, 0.4) is 0 Å². The minimum absolute atomic E-state index is 0.233. The number of hydrogen-bond acceptors (Lipinski definition) is 3. The molecule has 2 atom stereocenters. The van der Waals surface area contributed by atoms with E-state index in [0.29, 0.717) is 12.0 Å². The summed E-state index contributed by atoms with van der Waals surface area (Å²) < 4.78 is 0. The van der Waals surface area contributed by atoms with Crippen LogP contribution in [0.25, 0.3) is 0 Å². The fourth-order valence-corrected chi connectivity index (χ4v) is 1.71. The van der Waals surface area contributed by atoms with Crippen molar-refractivity contribution in [3.05, 3.63) is 0 Å². The van der Waals surface area contributed by atoms with Crippen LogP contribution in [-0.4, -0.2) is 35.4 Å². The van der Waals surface area contributed by atoms with Gasteiger partial charge in [0.1, 0.15) is 0 Å². The van der Waals surface area contributed by atoms with Crippen LogP contribution >= 0.6 is 12.2 Å². The zero-order chi connectivity index (χ0) is 10.7. The Bertz CT molecular complexity index is 251. The van der Waals surface area contributed by atoms with Gasteiger partial charge < -0.3 is 10.6 Å². The normalized spacial score (nSPS) is 31.8. The highest BCUT2D eigenvalue weighted by atomic mass is 32.1. The Morgan fingerprint density at radius 3 is 2.86 bits per heavy atom. The lowest BCUT2D eigenvalue weighted by Gasteiger charge is -2.34. The van der Waals surface area contributed by atoms with E-state index in [4.69, 9.17) is 18.0 Å². The van der Waals surface area contributed by atoms with E-state index in [-0.39, 0.29) is 5.11 Å². The van der Waals surface area contributed by atoms with Crippen LogP contribution in [0, 0.1) is 5.92 Å². The van der Waals surface area contributed by atoms with Crippen LogP contribution in [0.5, 0.6) is 0 Å². The van der Waals surface area contributed by atoms with Crippen LogP contribution in [0.2, 0.25) is 0 Å². The summed E-state index contributed by atoms with van der Waals surface area (Å²) in [5, 5.41) is 4.46. The van der Waals surface area contributed by atoms with E-state index in [2.05, 4.69) is 36.3 Å². The van der Waals surface area contributed by atoms with Crippen LogP contribution in [0.15, 0.2) is 5.10 Å². The molecule has 1 rings (SSSR count). The van der Waals surface area contributed by atoms with Crippen LogP contribution in [0.1, 0.15) is 20.3 Å². The topological polar surface area (TPSA) is 53.6 Å². The Balaban J connectivity index is 2.60. The molecule has 1 aliphatic heterocycles. The number of piperidine rings is 1. The summed E-state index contributed by atoms with van der Waals surface area (Å²) in [5.41, 5.74) is 9.14. The third kappa shape index (κ3) is 2.92. The van der Waals surface area contributed by atoms with E-state index < -0.39 is 0 Å². The van der Waals surface area contributed by atoms with Gasteiger partial charge in [0, 0.05) is 30.6 Å². The second-order valence-electron chi connectivity index (χ2n) is 3.97. The Morgan fingerprint density at radius 2 is 2.29 bits per heavy atom. The maximum atomic E-state index is 5.32. The lowest BCUT2D eigenvalue weighted by Crippen LogP contribution is -2.44. The minimum Gasteiger partial charge on any atom is -0.375 e. The highest BCUT2D eigenvalue weighted by molar-refractivity contribution is 7.80. The SMILES string of the molecule is CC1CN(C)C(C)C/C1=N/NC(N)=S. The molecule has 0 radical (unpaired) electrons. The number of hydrazone groups is 1. The van der Waals surface area contributed by atoms with E-state index in [9.17, 15) is 0 Å². The first-order chi connectivity index (χ1) is 6.50. The fourth-order valence-electron chi connectivity index (χ4n) is 1.66. The molecule has 0 amide bonds. The maximum absolute atomic E-state index is 5.32. The van der Waals surface area contributed by atoms with Crippen molar-refractivity contribution >= 4 is 23.0 Å². The smallest absolute Gasteiger partial charge is 0.184 e. The first-order valence-electron chi connectivity index (χ1n) is 4.83. The summed E-state index contributed by atoms with van der Waals surface area (Å²) in [6.45, 7) is 5.41. The van der Waals surface area contributed by atoms with Gasteiger partial charge in [-0.05, 0) is 26.2 Å². The molecular formula is C9H18N4S. The summed E-state index contributed by atoms with van der Waals surface area (Å²) in [4.78, 5) is 2.34. The number of rotatable bonds is 1. The van der Waals surface area contributed by atoms with Gasteiger partial charge in [0.15, 0.2) is 5.11 Å². The molecule has 80 valence electrons. The molecule has 0 aromatic rings. The fraction of sp³-hybridized carbons (Fsp3) is 0.778. The van der Waals surface area contributed by atoms with Gasteiger partial charge in [-0.1, -0.05) is 6.92 Å². The summed E-state index contributed by atoms with van der Waals surface area (Å²) >= 11 is 4.70. The number of likely N-dealkylation sites (tertiary alicyclic amines) is 1. The van der Waals surface area contributed by atoms with Gasteiger partial charge in [-0.2, -0.15) is 5.10 Å². The standard InChI is InChI=1S/C9H18N4S/c1-6-5-13(3)7(2)4-8(6)11-12-9(10)14/h6-7H,4-5H2,1-3H3,(H3,10,12,14)/b11-8-. The molecule has 1 aliphatic rings. The molecular weight excluding hydrogens is 196 g/mol. The van der Waals surface area contributed by atoms with E-state index in [1.807, 2.05) is 0 Å². The van der Waals surface area contributed by atoms with E-state index in [1.54, 1.807) is 0 Å². The van der Waals surface area contributed by atoms with Crippen molar-refractivity contribution in [2.24, 2.45) is 16.8 Å². The molecule has 14 heavy (non-hydrogen) atoms. The Morgan fingerprint density at radius 1 is 1.64 bits per heavy atom. The van der Waals surface area contributed by atoms with E-state index in [1.165, 1.54) is 0 Å². The number of nitrogens with one attached hydrogen (secondary N) is 1. The van der Waals surface area contributed by atoms with Crippen molar-refractivity contribution in [3.63, 3.8) is 0 Å². The number of hydrogen-bond donors (Lipinski definition) is 2. The van der Waals surface area contributed by atoms with Crippen molar-refractivity contribution in [1.29, 1.82) is 0 Å². The van der Waals surface area contributed by atoms with Crippen molar-refractivity contribution in [1.82, 2.24) is 10.3 Å². The van der Waals surface area contributed by atoms with Crippen molar-refractivity contribution < 1.29 is 0 Å². The molecule has 0 spiro atoms. The molecule has 2 unspecified atom stereocenters. The molecule has 3 N–H and O–H groups in total. The first-order valence-corrected chi connectivity index (χ1v) is 5.23. The zero-order valence-corrected chi connectivity index (χ0v) is 9.77. The maximum Gasteiger partial charge on any atom is 0.184 e. The Kier molecular flexibility index (Phi) is 3.83. The van der Waals surface area contributed by atoms with Crippen molar-refractivity contribution in [3.8, 4) is 0 Å². The molecule has 0 bridgehead atoms. The summed E-state index contributed by atoms with van der Waals surface area (Å²) in [6.07, 6.45) is 0.979. The Labute approximate surface area is 90.5 Å². The second-order valence-corrected chi connectivity index (χ2v) is 4.41. The van der Waals surface area contributed by atoms with Crippen LogP contribution in [-0.2, 0) is 0 Å². The number of nitrogens with two attached hydrogens (primary N) is 1. The van der Waals surface area contributed by atoms with Crippen molar-refractivity contribution in [2.75, 3.05) is 13.6 Å². The monoisotopic (exact) mass is 214 g/mol. The first kappa shape index (κ1) is 11.4. The molecule has 5 heteroatoms. The van der Waals surface area contributed by atoms with Gasteiger partial charge in [-0.15, -0.1) is 0 Å². The Hall–Kier alpha value is -0.680. The van der Waals surface area contributed by atoms with Gasteiger partial charge in [-0.25, -0.2) is 0 Å². The van der Waals surface area contributed by atoms with Crippen LogP contribution < -0.4 is 11.2 Å². The predicted molar refractivity (Wildman–Crippen MR) is 63.2 cm³/mol. The lowest BCUT2D eigenvalue weighted by molar-refractivity contribution is 0.225. The highest BCUT2D eigenvalue weighted by Crippen LogP contribution is 2.17. The third-order valence-corrected chi connectivity index (χ3v) is 2.79. The van der Waals surface area contributed by atoms with E-state index in [0.717, 1.165) is 18.7 Å². The third-order valence-electron chi connectivity index (χ3n) is 2.70. The lowest BCUT2D eigenvalue weighted by atomic mass is 9.93. The summed E-state index contributed by atoms with van der Waals surface area (Å²) in [7, 11) is 2.14. The minimum atomic E-state index is 0.233. The van der Waals surface area contributed by atoms with E-state index >= 15 is 0 Å². The highest BCUT2D eigenvalue weighted by Gasteiger charge is 2.25. The van der Waals surface area contributed by atoms with Crippen molar-refractivity contribution in [2.45, 2.75) is 26.3 Å². The quantitative estimate of drug-likeness (QED) is 0.494. The second kappa shape index (κ2) is 4.70. The van der Waals surface area contributed by atoms with Crippen LogP contribution in [0.4, 0.5) is 0 Å². The molecule has 0 aromatic heterocycles. The number of nitrogens with zero attached hydrogens (tertiary/aromatic N) is 2. The number of thiocarbonyl (C=S) groups is 1. The van der Waals surface area contributed by atoms with Gasteiger partial charge >= 0.3 is 0 Å². The van der Waals surface area contributed by atoms with Gasteiger partial charge in [0.05, 0.1) is 0 Å².